The topological polar surface area (TPSA) is 88.9 Å². The summed E-state index contributed by atoms with van der Waals surface area (Å²) in [6, 6.07) is 13.9. The molecule has 1 atom stereocenters. The molecule has 2 N–H and O–H groups in total. The van der Waals surface area contributed by atoms with Crippen LogP contribution in [0.2, 0.25) is 5.02 Å². The predicted octanol–water partition coefficient (Wildman–Crippen LogP) is 4.00. The van der Waals surface area contributed by atoms with Crippen LogP contribution in [0.15, 0.2) is 53.7 Å². The molecular formula is C21H22ClN5O2S. The van der Waals surface area contributed by atoms with E-state index in [1.54, 1.807) is 35.9 Å². The predicted molar refractivity (Wildman–Crippen MR) is 119 cm³/mol. The second-order valence-corrected chi connectivity index (χ2v) is 8.18. The second-order valence-electron chi connectivity index (χ2n) is 6.80. The summed E-state index contributed by atoms with van der Waals surface area (Å²) in [6.07, 6.45) is 0. The number of nitrogens with zero attached hydrogens (tertiary/aromatic N) is 3. The largest absolute Gasteiger partial charge is 0.342 e. The number of carbonyl (C=O) groups is 2. The first-order chi connectivity index (χ1) is 14.3. The zero-order valence-electron chi connectivity index (χ0n) is 16.8. The number of anilines is 1. The Bertz CT molecular complexity index is 1030. The van der Waals surface area contributed by atoms with Crippen LogP contribution >= 0.6 is 23.4 Å². The first-order valence-electron chi connectivity index (χ1n) is 9.28. The highest BCUT2D eigenvalue weighted by molar-refractivity contribution is 7.99. The molecule has 2 aromatic carbocycles. The Morgan fingerprint density at radius 2 is 1.77 bits per heavy atom. The molecule has 2 amide bonds. The Kier molecular flexibility index (Phi) is 7.12. The van der Waals surface area contributed by atoms with Crippen LogP contribution in [0.4, 0.5) is 5.69 Å². The first kappa shape index (κ1) is 21.9. The standard InChI is InChI=1S/C21H22ClN5O2S/c1-13-4-10-17(11-5-13)24-18(28)12-30-21-26-25-19(27(21)3)14(2)23-20(29)15-6-8-16(22)9-7-15/h4-11,14H,12H2,1-3H3,(H,23,29)(H,24,28)/t14-/m1/s1. The van der Waals surface area contributed by atoms with Crippen LogP contribution in [-0.2, 0) is 11.8 Å². The van der Waals surface area contributed by atoms with Crippen LogP contribution in [0.3, 0.4) is 0 Å². The van der Waals surface area contributed by atoms with Crippen LogP contribution < -0.4 is 10.6 Å². The highest BCUT2D eigenvalue weighted by atomic mass is 35.5. The minimum absolute atomic E-state index is 0.127. The summed E-state index contributed by atoms with van der Waals surface area (Å²) in [4.78, 5) is 24.6. The number of nitrogens with one attached hydrogen (secondary N) is 2. The van der Waals surface area contributed by atoms with Crippen molar-refractivity contribution in [3.05, 3.63) is 70.5 Å². The molecule has 3 aromatic rings. The summed E-state index contributed by atoms with van der Waals surface area (Å²) >= 11 is 7.14. The number of aryl methyl sites for hydroxylation is 1. The molecule has 1 aromatic heterocycles. The maximum Gasteiger partial charge on any atom is 0.251 e. The molecule has 0 unspecified atom stereocenters. The number of carbonyl (C=O) groups excluding carboxylic acids is 2. The van der Waals surface area contributed by atoms with Crippen LogP contribution in [0, 0.1) is 6.92 Å². The lowest BCUT2D eigenvalue weighted by Crippen LogP contribution is -2.28. The molecule has 1 heterocycles. The summed E-state index contributed by atoms with van der Waals surface area (Å²) in [5, 5.41) is 15.2. The summed E-state index contributed by atoms with van der Waals surface area (Å²) in [5.41, 5.74) is 2.39. The average Bonchev–Trinajstić information content (AvgIpc) is 3.09. The van der Waals surface area contributed by atoms with E-state index in [9.17, 15) is 9.59 Å². The van der Waals surface area contributed by atoms with Crippen molar-refractivity contribution in [2.24, 2.45) is 7.05 Å². The van der Waals surface area contributed by atoms with Crippen molar-refractivity contribution in [2.45, 2.75) is 25.0 Å². The fraction of sp³-hybridized carbons (Fsp3) is 0.238. The van der Waals surface area contributed by atoms with E-state index >= 15 is 0 Å². The Labute approximate surface area is 184 Å². The number of thioether (sulfide) groups is 1. The second kappa shape index (κ2) is 9.77. The lowest BCUT2D eigenvalue weighted by Gasteiger charge is -2.13. The molecule has 0 aliphatic carbocycles. The van der Waals surface area contributed by atoms with Gasteiger partial charge < -0.3 is 15.2 Å². The average molecular weight is 444 g/mol. The molecule has 3 rings (SSSR count). The van der Waals surface area contributed by atoms with E-state index in [-0.39, 0.29) is 23.6 Å². The minimum atomic E-state index is -0.360. The quantitative estimate of drug-likeness (QED) is 0.539. The first-order valence-corrected chi connectivity index (χ1v) is 10.6. The lowest BCUT2D eigenvalue weighted by atomic mass is 10.2. The molecular weight excluding hydrogens is 422 g/mol. The third-order valence-corrected chi connectivity index (χ3v) is 5.65. The highest BCUT2D eigenvalue weighted by Crippen LogP contribution is 2.20. The summed E-state index contributed by atoms with van der Waals surface area (Å²) < 4.78 is 1.77. The van der Waals surface area contributed by atoms with Crippen LogP contribution in [0.5, 0.6) is 0 Å². The van der Waals surface area contributed by atoms with Gasteiger partial charge in [0.1, 0.15) is 0 Å². The zero-order chi connectivity index (χ0) is 21.7. The van der Waals surface area contributed by atoms with E-state index in [0.717, 1.165) is 11.3 Å². The van der Waals surface area contributed by atoms with Crippen molar-refractivity contribution in [3.8, 4) is 0 Å². The number of rotatable bonds is 7. The van der Waals surface area contributed by atoms with E-state index in [1.807, 2.05) is 38.1 Å². The fourth-order valence-corrected chi connectivity index (χ4v) is 3.58. The monoisotopic (exact) mass is 443 g/mol. The lowest BCUT2D eigenvalue weighted by molar-refractivity contribution is -0.113. The molecule has 7 nitrogen and oxygen atoms in total. The molecule has 156 valence electrons. The van der Waals surface area contributed by atoms with Crippen molar-refractivity contribution >= 4 is 40.9 Å². The Morgan fingerprint density at radius 1 is 1.10 bits per heavy atom. The number of amides is 2. The van der Waals surface area contributed by atoms with Gasteiger partial charge in [0.25, 0.3) is 5.91 Å². The Morgan fingerprint density at radius 3 is 2.43 bits per heavy atom. The zero-order valence-corrected chi connectivity index (χ0v) is 18.4. The SMILES string of the molecule is Cc1ccc(NC(=O)CSc2nnc([C@@H](C)NC(=O)c3ccc(Cl)cc3)n2C)cc1. The summed E-state index contributed by atoms with van der Waals surface area (Å²) in [5.74, 6) is 0.441. The van der Waals surface area contributed by atoms with Crippen LogP contribution in [0.25, 0.3) is 0 Å². The van der Waals surface area contributed by atoms with Gasteiger partial charge in [0.05, 0.1) is 11.8 Å². The summed E-state index contributed by atoms with van der Waals surface area (Å²) in [6.45, 7) is 3.82. The Hall–Kier alpha value is -2.84. The van der Waals surface area contributed by atoms with Crippen molar-refractivity contribution in [3.63, 3.8) is 0 Å². The number of benzene rings is 2. The van der Waals surface area contributed by atoms with E-state index < -0.39 is 0 Å². The van der Waals surface area contributed by atoms with E-state index in [2.05, 4.69) is 20.8 Å². The van der Waals surface area contributed by atoms with E-state index in [0.29, 0.717) is 21.6 Å². The number of halogens is 1. The molecule has 0 fully saturated rings. The van der Waals surface area contributed by atoms with Crippen molar-refractivity contribution in [1.82, 2.24) is 20.1 Å². The third-order valence-electron chi connectivity index (χ3n) is 4.38. The molecule has 30 heavy (non-hydrogen) atoms. The van der Waals surface area contributed by atoms with Crippen LogP contribution in [0.1, 0.15) is 34.7 Å². The molecule has 0 spiro atoms. The van der Waals surface area contributed by atoms with Gasteiger partial charge in [0, 0.05) is 23.3 Å². The van der Waals surface area contributed by atoms with Gasteiger partial charge in [-0.05, 0) is 50.2 Å². The maximum atomic E-state index is 12.4. The maximum absolute atomic E-state index is 12.4. The molecule has 0 radical (unpaired) electrons. The van der Waals surface area contributed by atoms with Gasteiger partial charge in [-0.3, -0.25) is 9.59 Å². The van der Waals surface area contributed by atoms with Gasteiger partial charge in [0.2, 0.25) is 5.91 Å². The van der Waals surface area contributed by atoms with E-state index in [4.69, 9.17) is 11.6 Å². The molecule has 9 heteroatoms. The number of hydrogen-bond donors (Lipinski definition) is 2. The van der Waals surface area contributed by atoms with Crippen molar-refractivity contribution in [2.75, 3.05) is 11.1 Å². The van der Waals surface area contributed by atoms with Crippen LogP contribution in [-0.4, -0.2) is 32.3 Å². The van der Waals surface area contributed by atoms with Gasteiger partial charge in [-0.1, -0.05) is 41.1 Å². The Balaban J connectivity index is 1.56. The van der Waals surface area contributed by atoms with Gasteiger partial charge in [0.15, 0.2) is 11.0 Å². The van der Waals surface area contributed by atoms with Gasteiger partial charge in [-0.25, -0.2) is 0 Å². The van der Waals surface area contributed by atoms with E-state index in [1.165, 1.54) is 11.8 Å². The van der Waals surface area contributed by atoms with Crippen molar-refractivity contribution in [1.29, 1.82) is 0 Å². The minimum Gasteiger partial charge on any atom is -0.342 e. The normalized spacial score (nSPS) is 11.7. The molecule has 0 bridgehead atoms. The highest BCUT2D eigenvalue weighted by Gasteiger charge is 2.19. The summed E-state index contributed by atoms with van der Waals surface area (Å²) in [7, 11) is 1.81. The van der Waals surface area contributed by atoms with Gasteiger partial charge >= 0.3 is 0 Å². The van der Waals surface area contributed by atoms with Gasteiger partial charge in [-0.2, -0.15) is 0 Å². The number of hydrogen-bond acceptors (Lipinski definition) is 5. The number of aromatic nitrogens is 3. The third kappa shape index (κ3) is 5.61. The molecule has 0 aliphatic heterocycles. The smallest absolute Gasteiger partial charge is 0.251 e. The fourth-order valence-electron chi connectivity index (χ4n) is 2.74. The molecule has 0 aliphatic rings. The van der Waals surface area contributed by atoms with Gasteiger partial charge in [-0.15, -0.1) is 10.2 Å². The molecule has 0 saturated heterocycles. The van der Waals surface area contributed by atoms with Crippen molar-refractivity contribution < 1.29 is 9.59 Å². The molecule has 0 saturated carbocycles.